The van der Waals surface area contributed by atoms with Crippen molar-refractivity contribution in [1.82, 2.24) is 19.7 Å². The van der Waals surface area contributed by atoms with Gasteiger partial charge in [0.05, 0.1) is 40.0 Å². The molecular formula is C23H22ClN5O2S. The predicted molar refractivity (Wildman–Crippen MR) is 128 cm³/mol. The molecule has 1 aliphatic rings. The Labute approximate surface area is 194 Å². The molecule has 1 aliphatic heterocycles. The van der Waals surface area contributed by atoms with Crippen molar-refractivity contribution in [2.75, 3.05) is 38.2 Å². The van der Waals surface area contributed by atoms with Gasteiger partial charge in [0.1, 0.15) is 11.3 Å². The van der Waals surface area contributed by atoms with Crippen LogP contribution < -0.4 is 9.64 Å². The van der Waals surface area contributed by atoms with Gasteiger partial charge in [0.25, 0.3) is 5.91 Å². The van der Waals surface area contributed by atoms with Gasteiger partial charge in [-0.1, -0.05) is 41.1 Å². The van der Waals surface area contributed by atoms with Crippen LogP contribution in [-0.2, 0) is 0 Å². The molecular weight excluding hydrogens is 446 g/mol. The molecule has 164 valence electrons. The van der Waals surface area contributed by atoms with Crippen LogP contribution in [0.3, 0.4) is 0 Å². The van der Waals surface area contributed by atoms with E-state index in [4.69, 9.17) is 21.3 Å². The van der Waals surface area contributed by atoms with E-state index in [0.29, 0.717) is 42.5 Å². The van der Waals surface area contributed by atoms with Gasteiger partial charge < -0.3 is 14.5 Å². The number of rotatable bonds is 4. The minimum absolute atomic E-state index is 0.0124. The van der Waals surface area contributed by atoms with E-state index < -0.39 is 0 Å². The van der Waals surface area contributed by atoms with Crippen molar-refractivity contribution in [3.63, 3.8) is 0 Å². The topological polar surface area (TPSA) is 63.5 Å². The lowest BCUT2D eigenvalue weighted by Gasteiger charge is -2.34. The number of fused-ring (bicyclic) bond motifs is 1. The number of hydrogen-bond acceptors (Lipinski definition) is 6. The third-order valence-electron chi connectivity index (χ3n) is 5.75. The summed E-state index contributed by atoms with van der Waals surface area (Å²) in [5, 5.41) is 6.00. The molecule has 1 fully saturated rings. The fourth-order valence-electron chi connectivity index (χ4n) is 3.96. The number of halogens is 1. The zero-order valence-corrected chi connectivity index (χ0v) is 19.4. The van der Waals surface area contributed by atoms with Gasteiger partial charge in [-0.05, 0) is 31.2 Å². The van der Waals surface area contributed by atoms with Crippen molar-refractivity contribution >= 4 is 44.2 Å². The van der Waals surface area contributed by atoms with Gasteiger partial charge in [-0.3, -0.25) is 4.79 Å². The molecule has 32 heavy (non-hydrogen) atoms. The molecule has 5 rings (SSSR count). The Morgan fingerprint density at radius 2 is 1.84 bits per heavy atom. The quantitative estimate of drug-likeness (QED) is 0.444. The van der Waals surface area contributed by atoms with E-state index in [9.17, 15) is 4.79 Å². The van der Waals surface area contributed by atoms with Crippen molar-refractivity contribution in [3.8, 4) is 11.4 Å². The van der Waals surface area contributed by atoms with Crippen LogP contribution >= 0.6 is 22.9 Å². The molecule has 2 aromatic heterocycles. The third-order valence-corrected chi connectivity index (χ3v) is 7.32. The first kappa shape index (κ1) is 20.8. The average molecular weight is 468 g/mol. The first-order valence-electron chi connectivity index (χ1n) is 10.3. The molecule has 0 saturated carbocycles. The van der Waals surface area contributed by atoms with Gasteiger partial charge in [-0.2, -0.15) is 5.10 Å². The number of para-hydroxylation sites is 1. The number of methoxy groups -OCH3 is 1. The average Bonchev–Trinajstić information content (AvgIpc) is 3.45. The van der Waals surface area contributed by atoms with Gasteiger partial charge in [-0.15, -0.1) is 0 Å². The lowest BCUT2D eigenvalue weighted by atomic mass is 10.2. The molecule has 3 heterocycles. The maximum atomic E-state index is 13.2. The summed E-state index contributed by atoms with van der Waals surface area (Å²) < 4.78 is 8.16. The fourth-order valence-corrected chi connectivity index (χ4v) is 5.27. The SMILES string of the molecule is COc1ccc(Cl)c2sc(N3CCN(C(=O)c4cnn(-c5ccccc5)c4C)CC3)nc12. The van der Waals surface area contributed by atoms with Gasteiger partial charge >= 0.3 is 0 Å². The largest absolute Gasteiger partial charge is 0.494 e. The number of ether oxygens (including phenoxy) is 1. The monoisotopic (exact) mass is 467 g/mol. The van der Waals surface area contributed by atoms with Crippen LogP contribution in [-0.4, -0.2) is 58.9 Å². The van der Waals surface area contributed by atoms with Gasteiger partial charge in [0, 0.05) is 26.2 Å². The molecule has 0 aliphatic carbocycles. The normalized spacial score (nSPS) is 14.2. The number of thiazole rings is 1. The summed E-state index contributed by atoms with van der Waals surface area (Å²) in [6, 6.07) is 13.5. The minimum Gasteiger partial charge on any atom is -0.494 e. The zero-order chi connectivity index (χ0) is 22.2. The van der Waals surface area contributed by atoms with Gasteiger partial charge in [0.2, 0.25) is 0 Å². The lowest BCUT2D eigenvalue weighted by molar-refractivity contribution is 0.0746. The number of aromatic nitrogens is 3. The van der Waals surface area contributed by atoms with Gasteiger partial charge in [-0.25, -0.2) is 9.67 Å². The molecule has 1 amide bonds. The highest BCUT2D eigenvalue weighted by Gasteiger charge is 2.27. The highest BCUT2D eigenvalue weighted by Crippen LogP contribution is 2.38. The Morgan fingerprint density at radius 3 is 2.56 bits per heavy atom. The highest BCUT2D eigenvalue weighted by atomic mass is 35.5. The lowest BCUT2D eigenvalue weighted by Crippen LogP contribution is -2.48. The van der Waals surface area contributed by atoms with Crippen LogP contribution in [0.2, 0.25) is 5.02 Å². The zero-order valence-electron chi connectivity index (χ0n) is 17.8. The van der Waals surface area contributed by atoms with Crippen LogP contribution in [0, 0.1) is 6.92 Å². The van der Waals surface area contributed by atoms with E-state index >= 15 is 0 Å². The van der Waals surface area contributed by atoms with Crippen molar-refractivity contribution in [2.45, 2.75) is 6.92 Å². The Morgan fingerprint density at radius 1 is 1.09 bits per heavy atom. The summed E-state index contributed by atoms with van der Waals surface area (Å²) in [7, 11) is 1.63. The number of benzene rings is 2. The highest BCUT2D eigenvalue weighted by molar-refractivity contribution is 7.22. The van der Waals surface area contributed by atoms with Crippen molar-refractivity contribution in [3.05, 3.63) is 64.9 Å². The summed E-state index contributed by atoms with van der Waals surface area (Å²) in [5.41, 5.74) is 3.21. The maximum Gasteiger partial charge on any atom is 0.257 e. The second-order valence-electron chi connectivity index (χ2n) is 7.59. The fraction of sp³-hybridized carbons (Fsp3) is 0.261. The van der Waals surface area contributed by atoms with Crippen molar-refractivity contribution in [2.24, 2.45) is 0 Å². The molecule has 7 nitrogen and oxygen atoms in total. The second kappa shape index (κ2) is 8.44. The molecule has 0 bridgehead atoms. The summed E-state index contributed by atoms with van der Waals surface area (Å²) in [5.74, 6) is 0.727. The Bertz CT molecular complexity index is 1280. The molecule has 0 atom stereocenters. The number of carbonyl (C=O) groups is 1. The van der Waals surface area contributed by atoms with Crippen LogP contribution in [0.1, 0.15) is 16.1 Å². The number of piperazine rings is 1. The van der Waals surface area contributed by atoms with Crippen LogP contribution in [0.25, 0.3) is 15.9 Å². The number of amides is 1. The van der Waals surface area contributed by atoms with Crippen molar-refractivity contribution < 1.29 is 9.53 Å². The summed E-state index contributed by atoms with van der Waals surface area (Å²) in [4.78, 5) is 22.0. The van der Waals surface area contributed by atoms with E-state index in [1.165, 1.54) is 0 Å². The number of carbonyl (C=O) groups excluding carboxylic acids is 1. The van der Waals surface area contributed by atoms with E-state index in [0.717, 1.165) is 26.7 Å². The van der Waals surface area contributed by atoms with E-state index in [1.54, 1.807) is 24.6 Å². The maximum absolute atomic E-state index is 13.2. The van der Waals surface area contributed by atoms with E-state index in [1.807, 2.05) is 59.0 Å². The minimum atomic E-state index is 0.0124. The van der Waals surface area contributed by atoms with E-state index in [2.05, 4.69) is 10.00 Å². The Kier molecular flexibility index (Phi) is 5.48. The van der Waals surface area contributed by atoms with Crippen LogP contribution in [0.4, 0.5) is 5.13 Å². The first-order chi connectivity index (χ1) is 15.6. The number of anilines is 1. The summed E-state index contributed by atoms with van der Waals surface area (Å²) >= 11 is 7.92. The molecule has 0 N–H and O–H groups in total. The van der Waals surface area contributed by atoms with E-state index in [-0.39, 0.29) is 5.91 Å². The molecule has 0 radical (unpaired) electrons. The Balaban J connectivity index is 1.31. The third kappa shape index (κ3) is 3.59. The first-order valence-corrected chi connectivity index (χ1v) is 11.5. The summed E-state index contributed by atoms with van der Waals surface area (Å²) in [6.07, 6.45) is 1.67. The van der Waals surface area contributed by atoms with Crippen molar-refractivity contribution in [1.29, 1.82) is 0 Å². The molecule has 9 heteroatoms. The molecule has 2 aromatic carbocycles. The second-order valence-corrected chi connectivity index (χ2v) is 8.98. The van der Waals surface area contributed by atoms with Crippen LogP contribution in [0.15, 0.2) is 48.7 Å². The molecule has 0 unspecified atom stereocenters. The Hall–Kier alpha value is -3.10. The summed E-state index contributed by atoms with van der Waals surface area (Å²) in [6.45, 7) is 4.58. The molecule has 0 spiro atoms. The van der Waals surface area contributed by atoms with Gasteiger partial charge in [0.15, 0.2) is 5.13 Å². The molecule has 1 saturated heterocycles. The standard InChI is InChI=1S/C23H22ClN5O2S/c1-15-17(14-25-29(15)16-6-4-3-5-7-16)22(30)27-10-12-28(13-11-27)23-26-20-19(31-2)9-8-18(24)21(20)32-23/h3-9,14H,10-13H2,1-2H3. The van der Waals surface area contributed by atoms with Crippen LogP contribution in [0.5, 0.6) is 5.75 Å². The number of nitrogens with zero attached hydrogens (tertiary/aromatic N) is 5. The smallest absolute Gasteiger partial charge is 0.257 e. The number of hydrogen-bond donors (Lipinski definition) is 0. The molecule has 4 aromatic rings. The predicted octanol–water partition coefficient (Wildman–Crippen LogP) is 4.41.